The van der Waals surface area contributed by atoms with Gasteiger partial charge in [0.15, 0.2) is 0 Å². The molecule has 0 bridgehead atoms. The number of imidazole rings is 1. The molecule has 0 radical (unpaired) electrons. The van der Waals surface area contributed by atoms with E-state index in [4.69, 9.17) is 4.74 Å². The largest absolute Gasteiger partial charge is 0.380 e. The van der Waals surface area contributed by atoms with Gasteiger partial charge in [0, 0.05) is 17.7 Å². The zero-order valence-corrected chi connectivity index (χ0v) is 13.6. The van der Waals surface area contributed by atoms with Gasteiger partial charge in [-0.15, -0.1) is 11.3 Å². The van der Waals surface area contributed by atoms with Crippen LogP contribution >= 0.6 is 11.3 Å². The van der Waals surface area contributed by atoms with Crippen LogP contribution in [-0.4, -0.2) is 16.7 Å². The number of hydrogen-bond donors (Lipinski definition) is 0. The molecule has 0 aliphatic rings. The van der Waals surface area contributed by atoms with Gasteiger partial charge in [0.05, 0.1) is 17.6 Å². The number of fused-ring (bicyclic) bond motifs is 1. The van der Waals surface area contributed by atoms with Crippen LogP contribution in [0.15, 0.2) is 66.3 Å². The van der Waals surface area contributed by atoms with Crippen molar-refractivity contribution < 1.29 is 4.74 Å². The second-order valence-electron chi connectivity index (χ2n) is 5.40. The predicted molar refractivity (Wildman–Crippen MR) is 95.1 cm³/mol. The Morgan fingerprint density at radius 1 is 1.09 bits per heavy atom. The highest BCUT2D eigenvalue weighted by atomic mass is 32.1. The Morgan fingerprint density at radius 2 is 2.04 bits per heavy atom. The summed E-state index contributed by atoms with van der Waals surface area (Å²) in [6.07, 6.45) is 1.88. The zero-order valence-electron chi connectivity index (χ0n) is 12.8. The summed E-state index contributed by atoms with van der Waals surface area (Å²) in [5.74, 6) is 0. The summed E-state index contributed by atoms with van der Waals surface area (Å²) in [5.41, 5.74) is 5.58. The smallest absolute Gasteiger partial charge is 0.100 e. The summed E-state index contributed by atoms with van der Waals surface area (Å²) >= 11 is 1.75. The van der Waals surface area contributed by atoms with Crippen molar-refractivity contribution in [3.63, 3.8) is 0 Å². The third-order valence-electron chi connectivity index (χ3n) is 3.85. The highest BCUT2D eigenvalue weighted by Crippen LogP contribution is 2.27. The van der Waals surface area contributed by atoms with E-state index in [2.05, 4.69) is 69.5 Å². The lowest BCUT2D eigenvalue weighted by molar-refractivity contribution is 0.185. The number of aromatic nitrogens is 2. The van der Waals surface area contributed by atoms with E-state index < -0.39 is 0 Å². The van der Waals surface area contributed by atoms with E-state index in [0.29, 0.717) is 6.61 Å². The lowest BCUT2D eigenvalue weighted by Gasteiger charge is -2.07. The molecule has 114 valence electrons. The summed E-state index contributed by atoms with van der Waals surface area (Å²) in [7, 11) is 1.71. The fourth-order valence-electron chi connectivity index (χ4n) is 2.77. The Hall–Kier alpha value is -2.43. The van der Waals surface area contributed by atoms with Gasteiger partial charge < -0.3 is 4.74 Å². The molecule has 4 aromatic rings. The maximum absolute atomic E-state index is 5.19. The minimum atomic E-state index is 0.608. The molecule has 4 heteroatoms. The lowest BCUT2D eigenvalue weighted by atomic mass is 10.1. The van der Waals surface area contributed by atoms with Crippen molar-refractivity contribution >= 4 is 22.4 Å². The van der Waals surface area contributed by atoms with Gasteiger partial charge in [-0.25, -0.2) is 4.98 Å². The van der Waals surface area contributed by atoms with Crippen molar-refractivity contribution in [2.24, 2.45) is 0 Å². The summed E-state index contributed by atoms with van der Waals surface area (Å²) in [4.78, 5) is 5.82. The number of benzene rings is 2. The van der Waals surface area contributed by atoms with E-state index >= 15 is 0 Å². The van der Waals surface area contributed by atoms with Gasteiger partial charge in [-0.05, 0) is 46.8 Å². The highest BCUT2D eigenvalue weighted by molar-refractivity contribution is 7.13. The van der Waals surface area contributed by atoms with E-state index in [1.807, 2.05) is 6.33 Å². The molecular formula is C19H16N2OS. The van der Waals surface area contributed by atoms with Crippen LogP contribution in [0, 0.1) is 0 Å². The fourth-order valence-corrected chi connectivity index (χ4v) is 3.50. The van der Waals surface area contributed by atoms with Gasteiger partial charge >= 0.3 is 0 Å². The molecule has 0 saturated carbocycles. The van der Waals surface area contributed by atoms with Gasteiger partial charge in [0.2, 0.25) is 0 Å². The maximum atomic E-state index is 5.19. The molecule has 0 fully saturated rings. The molecule has 2 heterocycles. The molecule has 0 aliphatic heterocycles. The van der Waals surface area contributed by atoms with E-state index in [0.717, 1.165) is 22.3 Å². The number of ether oxygens (including phenoxy) is 1. The highest BCUT2D eigenvalue weighted by Gasteiger charge is 2.07. The molecular weight excluding hydrogens is 304 g/mol. The standard InChI is InChI=1S/C19H16N2OS/c1-22-12-14-7-8-18-17(10-14)20-13-21(18)16-5-2-4-15(11-16)19-6-3-9-23-19/h2-11,13H,12H2,1H3. The van der Waals surface area contributed by atoms with E-state index in [-0.39, 0.29) is 0 Å². The second kappa shape index (κ2) is 5.99. The monoisotopic (exact) mass is 320 g/mol. The normalized spacial score (nSPS) is 11.2. The molecule has 0 unspecified atom stereocenters. The Bertz CT molecular complexity index is 941. The van der Waals surface area contributed by atoms with Crippen LogP contribution < -0.4 is 0 Å². The van der Waals surface area contributed by atoms with E-state index in [9.17, 15) is 0 Å². The lowest BCUT2D eigenvalue weighted by Crippen LogP contribution is -1.93. The summed E-state index contributed by atoms with van der Waals surface area (Å²) in [6, 6.07) is 19.1. The Kier molecular flexibility index (Phi) is 3.69. The average molecular weight is 320 g/mol. The van der Waals surface area contributed by atoms with Crippen LogP contribution in [0.4, 0.5) is 0 Å². The summed E-state index contributed by atoms with van der Waals surface area (Å²) in [5, 5.41) is 2.10. The van der Waals surface area contributed by atoms with Crippen LogP contribution in [0.5, 0.6) is 0 Å². The van der Waals surface area contributed by atoms with Crippen LogP contribution in [0.1, 0.15) is 5.56 Å². The molecule has 0 saturated heterocycles. The summed E-state index contributed by atoms with van der Waals surface area (Å²) < 4.78 is 7.32. The first-order valence-electron chi connectivity index (χ1n) is 7.44. The summed E-state index contributed by atoms with van der Waals surface area (Å²) in [6.45, 7) is 0.608. The van der Waals surface area contributed by atoms with Crippen molar-refractivity contribution in [1.82, 2.24) is 9.55 Å². The first kappa shape index (κ1) is 14.2. The number of thiophene rings is 1. The molecule has 2 aromatic heterocycles. The number of nitrogens with zero attached hydrogens (tertiary/aromatic N) is 2. The molecule has 0 amide bonds. The molecule has 23 heavy (non-hydrogen) atoms. The van der Waals surface area contributed by atoms with Crippen molar-refractivity contribution in [2.45, 2.75) is 6.61 Å². The van der Waals surface area contributed by atoms with Crippen LogP contribution in [0.3, 0.4) is 0 Å². The van der Waals surface area contributed by atoms with Crippen molar-refractivity contribution in [2.75, 3.05) is 7.11 Å². The van der Waals surface area contributed by atoms with Crippen molar-refractivity contribution in [1.29, 1.82) is 0 Å². The van der Waals surface area contributed by atoms with Crippen molar-refractivity contribution in [3.8, 4) is 16.1 Å². The molecule has 3 nitrogen and oxygen atoms in total. The third kappa shape index (κ3) is 2.67. The SMILES string of the molecule is COCc1ccc2c(c1)ncn2-c1cccc(-c2cccs2)c1. The third-order valence-corrected chi connectivity index (χ3v) is 4.77. The minimum Gasteiger partial charge on any atom is -0.380 e. The van der Waals surface area contributed by atoms with Crippen LogP contribution in [0.25, 0.3) is 27.2 Å². The van der Waals surface area contributed by atoms with E-state index in [1.165, 1.54) is 10.4 Å². The number of hydrogen-bond acceptors (Lipinski definition) is 3. The molecule has 0 aliphatic carbocycles. The first-order valence-corrected chi connectivity index (χ1v) is 8.32. The van der Waals surface area contributed by atoms with Gasteiger partial charge in [0.1, 0.15) is 6.33 Å². The number of methoxy groups -OCH3 is 1. The fraction of sp³-hybridized carbons (Fsp3) is 0.105. The first-order chi connectivity index (χ1) is 11.3. The van der Waals surface area contributed by atoms with Crippen LogP contribution in [-0.2, 0) is 11.3 Å². The predicted octanol–water partition coefficient (Wildman–Crippen LogP) is 4.90. The van der Waals surface area contributed by atoms with Gasteiger partial charge in [-0.1, -0.05) is 24.3 Å². The molecule has 0 spiro atoms. The Labute approximate surface area is 138 Å². The van der Waals surface area contributed by atoms with Gasteiger partial charge in [-0.3, -0.25) is 4.57 Å². The molecule has 4 rings (SSSR count). The van der Waals surface area contributed by atoms with Crippen molar-refractivity contribution in [3.05, 3.63) is 71.9 Å². The quantitative estimate of drug-likeness (QED) is 0.535. The average Bonchev–Trinajstić information content (AvgIpc) is 3.25. The maximum Gasteiger partial charge on any atom is 0.100 e. The Morgan fingerprint density at radius 3 is 2.87 bits per heavy atom. The second-order valence-corrected chi connectivity index (χ2v) is 6.35. The minimum absolute atomic E-state index is 0.608. The van der Waals surface area contributed by atoms with Crippen LogP contribution in [0.2, 0.25) is 0 Å². The number of rotatable bonds is 4. The zero-order chi connectivity index (χ0) is 15.6. The van der Waals surface area contributed by atoms with Gasteiger partial charge in [-0.2, -0.15) is 0 Å². The topological polar surface area (TPSA) is 27.1 Å². The van der Waals surface area contributed by atoms with E-state index in [1.54, 1.807) is 18.4 Å². The molecule has 0 N–H and O–H groups in total. The Balaban J connectivity index is 1.79. The molecule has 2 aromatic carbocycles. The molecule has 0 atom stereocenters. The van der Waals surface area contributed by atoms with Gasteiger partial charge in [0.25, 0.3) is 0 Å².